The van der Waals surface area contributed by atoms with Crippen molar-refractivity contribution in [1.29, 1.82) is 0 Å². The molecule has 48 valence electrons. The van der Waals surface area contributed by atoms with Crippen molar-refractivity contribution in [2.75, 3.05) is 0 Å². The second kappa shape index (κ2) is 3.81. The third-order valence-corrected chi connectivity index (χ3v) is 0.728. The van der Waals surface area contributed by atoms with Crippen LogP contribution in [0.2, 0.25) is 0 Å². The summed E-state index contributed by atoms with van der Waals surface area (Å²) in [6.07, 6.45) is 0. The quantitative estimate of drug-likeness (QED) is 0.621. The molecule has 0 atom stereocenters. The van der Waals surface area contributed by atoms with Gasteiger partial charge in [-0.05, 0) is 0 Å². The first-order chi connectivity index (χ1) is 2.94. The predicted octanol–water partition coefficient (Wildman–Crippen LogP) is 1.44. The fourth-order valence-electron chi connectivity index (χ4n) is 0. The van der Waals surface area contributed by atoms with E-state index in [1.54, 1.807) is 0 Å². The number of rotatable bonds is 0. The molecule has 0 aromatic rings. The first kappa shape index (κ1) is 11.6. The minimum absolute atomic E-state index is 0. The summed E-state index contributed by atoms with van der Waals surface area (Å²) in [6.45, 7) is 0. The summed E-state index contributed by atoms with van der Waals surface area (Å²) in [7, 11) is 0. The van der Waals surface area contributed by atoms with Crippen LogP contribution in [0.15, 0.2) is 0 Å². The topological polar surface area (TPSA) is 37.3 Å². The summed E-state index contributed by atoms with van der Waals surface area (Å²) >= 11 is 14.4. The SMILES string of the molecule is O=C(O)C(Cl)(Cl)Cl.[Cr]. The Morgan fingerprint density at radius 3 is 1.50 bits per heavy atom. The Hall–Kier alpha value is 0.872. The molecule has 0 heterocycles. The second-order valence-corrected chi connectivity index (χ2v) is 3.08. The molecule has 0 aliphatic heterocycles. The average molecular weight is 215 g/mol. The Bertz CT molecular complexity index is 87.8. The molecule has 0 aliphatic rings. The van der Waals surface area contributed by atoms with Gasteiger partial charge in [-0.3, -0.25) is 0 Å². The number of carboxylic acids is 1. The van der Waals surface area contributed by atoms with Crippen LogP contribution in [0.25, 0.3) is 0 Å². The fraction of sp³-hybridized carbons (Fsp3) is 0.500. The van der Waals surface area contributed by atoms with Gasteiger partial charge in [-0.25, -0.2) is 4.79 Å². The van der Waals surface area contributed by atoms with E-state index in [4.69, 9.17) is 39.9 Å². The Labute approximate surface area is 71.8 Å². The van der Waals surface area contributed by atoms with Gasteiger partial charge < -0.3 is 5.11 Å². The molecule has 0 aromatic heterocycles. The van der Waals surface area contributed by atoms with Crippen LogP contribution < -0.4 is 0 Å². The maximum absolute atomic E-state index is 9.62. The minimum atomic E-state index is -2.17. The van der Waals surface area contributed by atoms with E-state index in [-0.39, 0.29) is 17.4 Å². The molecule has 0 aromatic carbocycles. The molecule has 6 heteroatoms. The number of halogens is 3. The molecule has 0 amide bonds. The van der Waals surface area contributed by atoms with Gasteiger partial charge in [0.15, 0.2) is 0 Å². The van der Waals surface area contributed by atoms with E-state index >= 15 is 0 Å². The number of hydrogen-bond donors (Lipinski definition) is 1. The van der Waals surface area contributed by atoms with E-state index in [9.17, 15) is 4.79 Å². The third-order valence-electron chi connectivity index (χ3n) is 0.243. The van der Waals surface area contributed by atoms with Gasteiger partial charge in [-0.1, -0.05) is 34.8 Å². The van der Waals surface area contributed by atoms with E-state index in [0.717, 1.165) is 0 Å². The maximum atomic E-state index is 9.62. The standard InChI is InChI=1S/C2HCl3O2.Cr/c3-2(4,5)1(6)7;/h(H,6,7);. The van der Waals surface area contributed by atoms with Gasteiger partial charge in [-0.2, -0.15) is 0 Å². The maximum Gasteiger partial charge on any atom is 0.356 e. The Morgan fingerprint density at radius 2 is 1.50 bits per heavy atom. The number of carboxylic acid groups (broad SMARTS) is 1. The molecule has 0 rings (SSSR count). The van der Waals surface area contributed by atoms with Crippen molar-refractivity contribution in [3.05, 3.63) is 0 Å². The van der Waals surface area contributed by atoms with Crippen LogP contribution in [-0.2, 0) is 22.2 Å². The minimum Gasteiger partial charge on any atom is -0.478 e. The van der Waals surface area contributed by atoms with E-state index in [1.807, 2.05) is 0 Å². The van der Waals surface area contributed by atoms with Crippen molar-refractivity contribution in [1.82, 2.24) is 0 Å². The molecule has 0 spiro atoms. The van der Waals surface area contributed by atoms with Gasteiger partial charge in [0.25, 0.3) is 3.79 Å². The number of aliphatic carboxylic acids is 1. The van der Waals surface area contributed by atoms with Gasteiger partial charge in [0, 0.05) is 17.4 Å². The molecule has 1 N–H and O–H groups in total. The summed E-state index contributed by atoms with van der Waals surface area (Å²) < 4.78 is -2.17. The van der Waals surface area contributed by atoms with E-state index in [0.29, 0.717) is 0 Å². The Kier molecular flexibility index (Phi) is 5.55. The number of carbonyl (C=O) groups is 1. The van der Waals surface area contributed by atoms with Crippen molar-refractivity contribution in [2.24, 2.45) is 0 Å². The molecule has 8 heavy (non-hydrogen) atoms. The van der Waals surface area contributed by atoms with Gasteiger partial charge in [-0.15, -0.1) is 0 Å². The second-order valence-electron chi connectivity index (χ2n) is 0.803. The molecule has 0 radical (unpaired) electrons. The van der Waals surface area contributed by atoms with Crippen LogP contribution in [0.4, 0.5) is 0 Å². The van der Waals surface area contributed by atoms with Crippen LogP contribution in [0.5, 0.6) is 0 Å². The normalized spacial score (nSPS) is 9.88. The number of hydrogen-bond acceptors (Lipinski definition) is 1. The summed E-state index contributed by atoms with van der Waals surface area (Å²) in [5.41, 5.74) is 0. The molecule has 0 aliphatic carbocycles. The van der Waals surface area contributed by atoms with Gasteiger partial charge in [0.1, 0.15) is 0 Å². The molecule has 0 fully saturated rings. The largest absolute Gasteiger partial charge is 0.478 e. The van der Waals surface area contributed by atoms with Crippen LogP contribution in [0, 0.1) is 0 Å². The van der Waals surface area contributed by atoms with E-state index in [1.165, 1.54) is 0 Å². The van der Waals surface area contributed by atoms with Crippen molar-refractivity contribution in [2.45, 2.75) is 3.79 Å². The van der Waals surface area contributed by atoms with Crippen molar-refractivity contribution in [3.63, 3.8) is 0 Å². The van der Waals surface area contributed by atoms with Crippen LogP contribution in [0.1, 0.15) is 0 Å². The van der Waals surface area contributed by atoms with E-state index < -0.39 is 9.76 Å². The zero-order valence-electron chi connectivity index (χ0n) is 3.40. The van der Waals surface area contributed by atoms with Crippen molar-refractivity contribution in [3.8, 4) is 0 Å². The molecule has 2 nitrogen and oxygen atoms in total. The monoisotopic (exact) mass is 214 g/mol. The van der Waals surface area contributed by atoms with Crippen LogP contribution in [0.3, 0.4) is 0 Å². The first-order valence-electron chi connectivity index (χ1n) is 1.24. The van der Waals surface area contributed by atoms with Gasteiger partial charge in [0.05, 0.1) is 0 Å². The van der Waals surface area contributed by atoms with Crippen molar-refractivity contribution < 1.29 is 27.3 Å². The van der Waals surface area contributed by atoms with Crippen LogP contribution >= 0.6 is 34.8 Å². The zero-order valence-corrected chi connectivity index (χ0v) is 6.94. The first-order valence-corrected chi connectivity index (χ1v) is 2.38. The average Bonchev–Trinajstić information content (AvgIpc) is 1.31. The summed E-state index contributed by atoms with van der Waals surface area (Å²) in [4.78, 5) is 9.62. The summed E-state index contributed by atoms with van der Waals surface area (Å²) in [5.74, 6) is -1.46. The summed E-state index contributed by atoms with van der Waals surface area (Å²) in [6, 6.07) is 0. The molecular weight excluding hydrogens is 214 g/mol. The molecule has 0 saturated heterocycles. The smallest absolute Gasteiger partial charge is 0.356 e. The molecule has 0 bridgehead atoms. The molecule has 0 unspecified atom stereocenters. The van der Waals surface area contributed by atoms with Crippen LogP contribution in [-0.4, -0.2) is 14.9 Å². The van der Waals surface area contributed by atoms with E-state index in [2.05, 4.69) is 0 Å². The number of alkyl halides is 3. The third kappa shape index (κ3) is 5.02. The zero-order chi connectivity index (χ0) is 6.08. The Balaban J connectivity index is 0. The van der Waals surface area contributed by atoms with Gasteiger partial charge >= 0.3 is 5.97 Å². The predicted molar refractivity (Wildman–Crippen MR) is 27.9 cm³/mol. The summed E-state index contributed by atoms with van der Waals surface area (Å²) in [5, 5.41) is 7.85. The molecular formula is C2HCl3CrO2. The Morgan fingerprint density at radius 1 is 1.38 bits per heavy atom. The van der Waals surface area contributed by atoms with Crippen molar-refractivity contribution >= 4 is 40.8 Å². The molecule has 0 saturated carbocycles. The van der Waals surface area contributed by atoms with Gasteiger partial charge in [0.2, 0.25) is 0 Å². The fourth-order valence-corrected chi connectivity index (χ4v) is 0.